The zero-order valence-corrected chi connectivity index (χ0v) is 13.2. The van der Waals surface area contributed by atoms with Gasteiger partial charge in [-0.15, -0.1) is 0 Å². The van der Waals surface area contributed by atoms with E-state index in [-0.39, 0.29) is 11.8 Å². The summed E-state index contributed by atoms with van der Waals surface area (Å²) in [5, 5.41) is 4.18. The van der Waals surface area contributed by atoms with Gasteiger partial charge in [-0.3, -0.25) is 9.48 Å². The number of amides is 1. The second-order valence-corrected chi connectivity index (χ2v) is 6.09. The Morgan fingerprint density at radius 1 is 1.41 bits per heavy atom. The van der Waals surface area contributed by atoms with Gasteiger partial charge >= 0.3 is 0 Å². The van der Waals surface area contributed by atoms with Gasteiger partial charge in [0.25, 0.3) is 0 Å². The predicted molar refractivity (Wildman–Crippen MR) is 83.2 cm³/mol. The highest BCUT2D eigenvalue weighted by atomic mass is 16.2. The summed E-state index contributed by atoms with van der Waals surface area (Å²) in [6.07, 6.45) is 9.64. The van der Waals surface area contributed by atoms with E-state index in [1.807, 2.05) is 48.1 Å². The van der Waals surface area contributed by atoms with E-state index in [2.05, 4.69) is 14.6 Å². The van der Waals surface area contributed by atoms with Gasteiger partial charge in [-0.05, 0) is 25.8 Å². The largest absolute Gasteiger partial charge is 0.340 e. The molecule has 1 fully saturated rings. The third-order valence-corrected chi connectivity index (χ3v) is 4.41. The fraction of sp³-hybridized carbons (Fsp3) is 0.562. The summed E-state index contributed by atoms with van der Waals surface area (Å²) in [5.74, 6) is 1.18. The lowest BCUT2D eigenvalue weighted by molar-refractivity contribution is -0.137. The van der Waals surface area contributed by atoms with Crippen LogP contribution in [0.15, 0.2) is 30.9 Å². The molecule has 0 unspecified atom stereocenters. The van der Waals surface area contributed by atoms with Crippen molar-refractivity contribution in [2.24, 2.45) is 5.92 Å². The van der Waals surface area contributed by atoms with Gasteiger partial charge in [0.1, 0.15) is 5.82 Å². The van der Waals surface area contributed by atoms with Crippen molar-refractivity contribution in [3.05, 3.63) is 36.7 Å². The van der Waals surface area contributed by atoms with E-state index in [4.69, 9.17) is 0 Å². The highest BCUT2D eigenvalue weighted by Crippen LogP contribution is 2.24. The Morgan fingerprint density at radius 2 is 2.27 bits per heavy atom. The highest BCUT2D eigenvalue weighted by Gasteiger charge is 2.28. The minimum atomic E-state index is -0.0532. The lowest BCUT2D eigenvalue weighted by Gasteiger charge is -2.35. The maximum absolute atomic E-state index is 12.7. The summed E-state index contributed by atoms with van der Waals surface area (Å²) in [6, 6.07) is 2.23. The molecular formula is C16H23N5O. The first-order chi connectivity index (χ1) is 10.6. The predicted octanol–water partition coefficient (Wildman–Crippen LogP) is 1.89. The molecule has 6 nitrogen and oxygen atoms in total. The molecule has 2 aromatic rings. The van der Waals surface area contributed by atoms with Crippen molar-refractivity contribution in [1.29, 1.82) is 0 Å². The summed E-state index contributed by atoms with van der Waals surface area (Å²) >= 11 is 0. The summed E-state index contributed by atoms with van der Waals surface area (Å²) in [4.78, 5) is 19.0. The Kier molecular flexibility index (Phi) is 4.27. The zero-order chi connectivity index (χ0) is 15.5. The van der Waals surface area contributed by atoms with Gasteiger partial charge in [0.2, 0.25) is 5.91 Å². The molecule has 0 saturated carbocycles. The summed E-state index contributed by atoms with van der Waals surface area (Å²) in [6.45, 7) is 6.26. The molecule has 1 aliphatic heterocycles. The number of imidazole rings is 1. The van der Waals surface area contributed by atoms with Crippen LogP contribution in [0.5, 0.6) is 0 Å². The number of likely N-dealkylation sites (tertiary alicyclic amines) is 1. The van der Waals surface area contributed by atoms with Gasteiger partial charge in [-0.2, -0.15) is 5.10 Å². The summed E-state index contributed by atoms with van der Waals surface area (Å²) in [7, 11) is 0. The van der Waals surface area contributed by atoms with E-state index in [0.29, 0.717) is 12.6 Å². The van der Waals surface area contributed by atoms with Crippen LogP contribution < -0.4 is 0 Å². The number of hydrogen-bond donors (Lipinski definition) is 0. The number of hydrogen-bond acceptors (Lipinski definition) is 3. The lowest BCUT2D eigenvalue weighted by atomic mass is 10.0. The van der Waals surface area contributed by atoms with Crippen LogP contribution in [-0.2, 0) is 11.3 Å². The SMILES string of the molecule is Cc1nccn1[C@H]1CCCN(C(=O)[C@H](C)Cn2cccn2)C1. The lowest BCUT2D eigenvalue weighted by Crippen LogP contribution is -2.43. The van der Waals surface area contributed by atoms with Gasteiger partial charge < -0.3 is 9.47 Å². The Balaban J connectivity index is 1.64. The molecule has 1 amide bonds. The molecule has 0 aromatic carbocycles. The highest BCUT2D eigenvalue weighted by molar-refractivity contribution is 5.78. The van der Waals surface area contributed by atoms with Crippen LogP contribution in [0, 0.1) is 12.8 Å². The van der Waals surface area contributed by atoms with Crippen molar-refractivity contribution in [3.63, 3.8) is 0 Å². The van der Waals surface area contributed by atoms with E-state index in [1.165, 1.54) is 0 Å². The molecule has 0 N–H and O–H groups in total. The normalized spacial score (nSPS) is 20.1. The Labute approximate surface area is 130 Å². The molecular weight excluding hydrogens is 278 g/mol. The number of carbonyl (C=O) groups is 1. The van der Waals surface area contributed by atoms with Crippen molar-refractivity contribution in [2.75, 3.05) is 13.1 Å². The van der Waals surface area contributed by atoms with Crippen LogP contribution in [0.3, 0.4) is 0 Å². The molecule has 0 spiro atoms. The molecule has 2 aromatic heterocycles. The molecule has 0 radical (unpaired) electrons. The molecule has 6 heteroatoms. The van der Waals surface area contributed by atoms with Crippen molar-refractivity contribution < 1.29 is 4.79 Å². The average molecular weight is 301 g/mol. The topological polar surface area (TPSA) is 56.0 Å². The van der Waals surface area contributed by atoms with Gasteiger partial charge in [0, 0.05) is 37.9 Å². The number of carbonyl (C=O) groups excluding carboxylic acids is 1. The van der Waals surface area contributed by atoms with Crippen LogP contribution >= 0.6 is 0 Å². The van der Waals surface area contributed by atoms with E-state index >= 15 is 0 Å². The summed E-state index contributed by atoms with van der Waals surface area (Å²) < 4.78 is 4.02. The smallest absolute Gasteiger partial charge is 0.227 e. The minimum Gasteiger partial charge on any atom is -0.340 e. The van der Waals surface area contributed by atoms with Crippen molar-refractivity contribution in [2.45, 2.75) is 39.3 Å². The fourth-order valence-electron chi connectivity index (χ4n) is 3.23. The monoisotopic (exact) mass is 301 g/mol. The average Bonchev–Trinajstić information content (AvgIpc) is 3.18. The van der Waals surface area contributed by atoms with Gasteiger partial charge in [-0.25, -0.2) is 4.98 Å². The third kappa shape index (κ3) is 3.05. The van der Waals surface area contributed by atoms with Crippen LogP contribution in [0.1, 0.15) is 31.6 Å². The maximum Gasteiger partial charge on any atom is 0.227 e. The Morgan fingerprint density at radius 3 is 2.95 bits per heavy atom. The Bertz CT molecular complexity index is 618. The van der Waals surface area contributed by atoms with E-state index in [1.54, 1.807) is 6.20 Å². The molecule has 22 heavy (non-hydrogen) atoms. The molecule has 0 aliphatic carbocycles. The van der Waals surface area contributed by atoms with Crippen molar-refractivity contribution >= 4 is 5.91 Å². The van der Waals surface area contributed by atoms with Crippen LogP contribution in [0.2, 0.25) is 0 Å². The first-order valence-corrected chi connectivity index (χ1v) is 7.91. The number of aromatic nitrogens is 4. The molecule has 2 atom stereocenters. The van der Waals surface area contributed by atoms with E-state index < -0.39 is 0 Å². The molecule has 3 rings (SSSR count). The number of aryl methyl sites for hydroxylation is 1. The maximum atomic E-state index is 12.7. The van der Waals surface area contributed by atoms with Crippen LogP contribution in [0.4, 0.5) is 0 Å². The number of piperidine rings is 1. The fourth-order valence-corrected chi connectivity index (χ4v) is 3.23. The first-order valence-electron chi connectivity index (χ1n) is 7.91. The zero-order valence-electron chi connectivity index (χ0n) is 13.2. The first kappa shape index (κ1) is 14.8. The Hall–Kier alpha value is -2.11. The minimum absolute atomic E-state index is 0.0532. The number of rotatable bonds is 4. The van der Waals surface area contributed by atoms with Gasteiger partial charge in [0.15, 0.2) is 0 Å². The van der Waals surface area contributed by atoms with Crippen LogP contribution in [0.25, 0.3) is 0 Å². The second-order valence-electron chi connectivity index (χ2n) is 6.09. The standard InChI is InChI=1S/C16H23N5O/c1-13(11-20-9-4-6-18-20)16(22)19-8-3-5-15(12-19)21-10-7-17-14(21)2/h4,6-7,9-10,13,15H,3,5,8,11-12H2,1-2H3/t13-,15+/m1/s1. The van der Waals surface area contributed by atoms with E-state index in [9.17, 15) is 4.79 Å². The third-order valence-electron chi connectivity index (χ3n) is 4.41. The quantitative estimate of drug-likeness (QED) is 0.866. The van der Waals surface area contributed by atoms with Gasteiger partial charge in [-0.1, -0.05) is 6.92 Å². The molecule has 1 saturated heterocycles. The molecule has 1 aliphatic rings. The molecule has 118 valence electrons. The van der Waals surface area contributed by atoms with Crippen LogP contribution in [-0.4, -0.2) is 43.2 Å². The van der Waals surface area contributed by atoms with Gasteiger partial charge in [0.05, 0.1) is 18.5 Å². The number of nitrogens with zero attached hydrogens (tertiary/aromatic N) is 5. The summed E-state index contributed by atoms with van der Waals surface area (Å²) in [5.41, 5.74) is 0. The van der Waals surface area contributed by atoms with Crippen molar-refractivity contribution in [3.8, 4) is 0 Å². The molecule has 3 heterocycles. The molecule has 0 bridgehead atoms. The second kappa shape index (κ2) is 6.34. The van der Waals surface area contributed by atoms with E-state index in [0.717, 1.165) is 31.8 Å². The van der Waals surface area contributed by atoms with Crippen molar-refractivity contribution in [1.82, 2.24) is 24.2 Å².